The second kappa shape index (κ2) is 6.01. The molecule has 2 N–H and O–H groups in total. The van der Waals surface area contributed by atoms with Gasteiger partial charge in [-0.2, -0.15) is 8.78 Å². The first-order valence-electron chi connectivity index (χ1n) is 5.02. The minimum absolute atomic E-state index is 0.0306. The molecule has 0 heterocycles. The van der Waals surface area contributed by atoms with E-state index in [0.717, 1.165) is 6.42 Å². The summed E-state index contributed by atoms with van der Waals surface area (Å²) in [5, 5.41) is 0.182. The molecule has 1 aromatic carbocycles. The van der Waals surface area contributed by atoms with Crippen LogP contribution >= 0.6 is 11.6 Å². The van der Waals surface area contributed by atoms with Gasteiger partial charge in [-0.15, -0.1) is 0 Å². The monoisotopic (exact) mass is 249 g/mol. The Kier molecular flexibility index (Phi) is 4.96. The number of para-hydroxylation sites is 1. The predicted octanol–water partition coefficient (Wildman–Crippen LogP) is 3.22. The van der Waals surface area contributed by atoms with Gasteiger partial charge in [-0.05, 0) is 24.5 Å². The van der Waals surface area contributed by atoms with Gasteiger partial charge in [0.15, 0.2) is 0 Å². The Morgan fingerprint density at radius 2 is 2.12 bits per heavy atom. The zero-order valence-electron chi connectivity index (χ0n) is 8.92. The van der Waals surface area contributed by atoms with Crippen molar-refractivity contribution in [1.29, 1.82) is 0 Å². The molecule has 0 spiro atoms. The van der Waals surface area contributed by atoms with Gasteiger partial charge in [-0.3, -0.25) is 0 Å². The summed E-state index contributed by atoms with van der Waals surface area (Å²) in [5.41, 5.74) is 6.38. The highest BCUT2D eigenvalue weighted by Gasteiger charge is 2.14. The van der Waals surface area contributed by atoms with Crippen LogP contribution in [0.5, 0.6) is 5.75 Å². The van der Waals surface area contributed by atoms with Gasteiger partial charge in [-0.1, -0.05) is 30.7 Å². The molecule has 0 radical (unpaired) electrons. The fourth-order valence-corrected chi connectivity index (χ4v) is 1.60. The van der Waals surface area contributed by atoms with Crippen LogP contribution < -0.4 is 10.5 Å². The summed E-state index contributed by atoms with van der Waals surface area (Å²) in [6.45, 7) is -0.945. The van der Waals surface area contributed by atoms with Crippen LogP contribution in [-0.2, 0) is 6.42 Å². The third kappa shape index (κ3) is 3.61. The SMILES string of the molecule is CCC(N)Cc1cccc(Cl)c1OC(F)F. The largest absolute Gasteiger partial charge is 0.433 e. The van der Waals surface area contributed by atoms with Crippen molar-refractivity contribution < 1.29 is 13.5 Å². The van der Waals surface area contributed by atoms with Gasteiger partial charge in [0.2, 0.25) is 0 Å². The summed E-state index contributed by atoms with van der Waals surface area (Å²) in [6.07, 6.45) is 1.24. The summed E-state index contributed by atoms with van der Waals surface area (Å²) >= 11 is 5.80. The lowest BCUT2D eigenvalue weighted by Gasteiger charge is -2.14. The van der Waals surface area contributed by atoms with Crippen molar-refractivity contribution in [3.63, 3.8) is 0 Å². The van der Waals surface area contributed by atoms with Crippen molar-refractivity contribution in [1.82, 2.24) is 0 Å². The number of hydrogen-bond donors (Lipinski definition) is 1. The van der Waals surface area contributed by atoms with Crippen molar-refractivity contribution in [2.24, 2.45) is 5.73 Å². The van der Waals surface area contributed by atoms with E-state index >= 15 is 0 Å². The number of hydrogen-bond acceptors (Lipinski definition) is 2. The molecule has 1 aromatic rings. The highest BCUT2D eigenvalue weighted by molar-refractivity contribution is 6.32. The quantitative estimate of drug-likeness (QED) is 0.870. The van der Waals surface area contributed by atoms with E-state index in [1.807, 2.05) is 6.92 Å². The van der Waals surface area contributed by atoms with Crippen LogP contribution in [0.4, 0.5) is 8.78 Å². The van der Waals surface area contributed by atoms with E-state index in [1.54, 1.807) is 12.1 Å². The zero-order valence-corrected chi connectivity index (χ0v) is 9.68. The predicted molar refractivity (Wildman–Crippen MR) is 60.1 cm³/mol. The van der Waals surface area contributed by atoms with Crippen LogP contribution in [0.25, 0.3) is 0 Å². The van der Waals surface area contributed by atoms with Crippen molar-refractivity contribution in [3.8, 4) is 5.75 Å². The van der Waals surface area contributed by atoms with E-state index < -0.39 is 6.61 Å². The normalized spacial score (nSPS) is 12.9. The molecule has 0 aliphatic rings. The fraction of sp³-hybridized carbons (Fsp3) is 0.455. The Bertz CT molecular complexity index is 347. The Hall–Kier alpha value is -0.870. The average Bonchev–Trinajstić information content (AvgIpc) is 2.22. The van der Waals surface area contributed by atoms with E-state index in [9.17, 15) is 8.78 Å². The van der Waals surface area contributed by atoms with E-state index in [-0.39, 0.29) is 16.8 Å². The van der Waals surface area contributed by atoms with Crippen LogP contribution in [0, 0.1) is 0 Å². The lowest BCUT2D eigenvalue weighted by atomic mass is 10.0. The molecule has 0 bridgehead atoms. The Morgan fingerprint density at radius 1 is 1.44 bits per heavy atom. The van der Waals surface area contributed by atoms with Gasteiger partial charge in [-0.25, -0.2) is 0 Å². The standard InChI is InChI=1S/C11H14ClF2NO/c1-2-8(15)6-7-4-3-5-9(12)10(7)16-11(13)14/h3-5,8,11H,2,6,15H2,1H3. The number of nitrogens with two attached hydrogens (primary N) is 1. The molecule has 0 aliphatic heterocycles. The van der Waals surface area contributed by atoms with E-state index in [1.165, 1.54) is 6.07 Å². The Morgan fingerprint density at radius 3 is 2.69 bits per heavy atom. The number of ether oxygens (including phenoxy) is 1. The number of halogens is 3. The zero-order chi connectivity index (χ0) is 12.1. The molecule has 1 rings (SSSR count). The van der Waals surface area contributed by atoms with Crippen molar-refractivity contribution in [3.05, 3.63) is 28.8 Å². The maximum absolute atomic E-state index is 12.2. The van der Waals surface area contributed by atoms with Crippen LogP contribution in [0.15, 0.2) is 18.2 Å². The highest BCUT2D eigenvalue weighted by atomic mass is 35.5. The lowest BCUT2D eigenvalue weighted by molar-refractivity contribution is -0.0504. The molecule has 90 valence electrons. The third-order valence-electron chi connectivity index (χ3n) is 2.26. The summed E-state index contributed by atoms with van der Waals surface area (Å²) < 4.78 is 28.8. The first-order chi connectivity index (χ1) is 7.54. The number of benzene rings is 1. The van der Waals surface area contributed by atoms with Crippen molar-refractivity contribution in [2.75, 3.05) is 0 Å². The lowest BCUT2D eigenvalue weighted by Crippen LogP contribution is -2.22. The summed E-state index contributed by atoms with van der Waals surface area (Å²) in [5.74, 6) is 0.0306. The van der Waals surface area contributed by atoms with Gasteiger partial charge in [0, 0.05) is 6.04 Å². The van der Waals surface area contributed by atoms with Gasteiger partial charge >= 0.3 is 6.61 Å². The smallest absolute Gasteiger partial charge is 0.387 e. The Balaban J connectivity index is 2.93. The maximum atomic E-state index is 12.2. The minimum atomic E-state index is -2.88. The van der Waals surface area contributed by atoms with E-state index in [4.69, 9.17) is 17.3 Å². The second-order valence-electron chi connectivity index (χ2n) is 3.48. The van der Waals surface area contributed by atoms with Crippen molar-refractivity contribution in [2.45, 2.75) is 32.4 Å². The molecule has 2 nitrogen and oxygen atoms in total. The highest BCUT2D eigenvalue weighted by Crippen LogP contribution is 2.30. The Labute approximate surface area is 98.3 Å². The number of alkyl halides is 2. The van der Waals surface area contributed by atoms with Crippen LogP contribution in [0.2, 0.25) is 5.02 Å². The van der Waals surface area contributed by atoms with Crippen LogP contribution in [-0.4, -0.2) is 12.7 Å². The maximum Gasteiger partial charge on any atom is 0.387 e. The van der Waals surface area contributed by atoms with Gasteiger partial charge in [0.05, 0.1) is 5.02 Å². The molecule has 1 atom stereocenters. The topological polar surface area (TPSA) is 35.2 Å². The van der Waals surface area contributed by atoms with Crippen LogP contribution in [0.3, 0.4) is 0 Å². The van der Waals surface area contributed by atoms with Gasteiger partial charge in [0.25, 0.3) is 0 Å². The molecule has 1 unspecified atom stereocenters. The third-order valence-corrected chi connectivity index (χ3v) is 2.56. The van der Waals surface area contributed by atoms with E-state index in [2.05, 4.69) is 4.74 Å². The molecule has 5 heteroatoms. The molecule has 0 saturated heterocycles. The number of rotatable bonds is 5. The minimum Gasteiger partial charge on any atom is -0.433 e. The summed E-state index contributed by atoms with van der Waals surface area (Å²) in [4.78, 5) is 0. The first kappa shape index (κ1) is 13.2. The van der Waals surface area contributed by atoms with Gasteiger partial charge < -0.3 is 10.5 Å². The fourth-order valence-electron chi connectivity index (χ4n) is 1.36. The molecule has 0 aromatic heterocycles. The average molecular weight is 250 g/mol. The van der Waals surface area contributed by atoms with Gasteiger partial charge in [0.1, 0.15) is 5.75 Å². The first-order valence-corrected chi connectivity index (χ1v) is 5.40. The molecule has 0 fully saturated rings. The van der Waals surface area contributed by atoms with Crippen molar-refractivity contribution >= 4 is 11.6 Å². The summed E-state index contributed by atoms with van der Waals surface area (Å²) in [6, 6.07) is 4.82. The molecule has 0 aliphatic carbocycles. The summed E-state index contributed by atoms with van der Waals surface area (Å²) in [7, 11) is 0. The second-order valence-corrected chi connectivity index (χ2v) is 3.89. The van der Waals surface area contributed by atoms with E-state index in [0.29, 0.717) is 12.0 Å². The molecular formula is C11H14ClF2NO. The van der Waals surface area contributed by atoms with Crippen LogP contribution in [0.1, 0.15) is 18.9 Å². The molecular weight excluding hydrogens is 236 g/mol. The molecule has 16 heavy (non-hydrogen) atoms. The molecule has 0 amide bonds. The molecule has 0 saturated carbocycles.